The second kappa shape index (κ2) is 9.79. The Balaban J connectivity index is 1.27. The zero-order valence-corrected chi connectivity index (χ0v) is 24.2. The molecule has 8 aromatic rings. The number of fused-ring (bicyclic) bond motifs is 5. The lowest BCUT2D eigenvalue weighted by Gasteiger charge is -2.10. The van der Waals surface area contributed by atoms with Crippen LogP contribution in [0.25, 0.3) is 71.0 Å². The van der Waals surface area contributed by atoms with E-state index >= 15 is 0 Å². The Morgan fingerprint density at radius 2 is 1.05 bits per heavy atom. The van der Waals surface area contributed by atoms with Gasteiger partial charge in [0.15, 0.2) is 5.82 Å². The number of aromatic nitrogens is 3. The first-order valence-corrected chi connectivity index (χ1v) is 15.0. The van der Waals surface area contributed by atoms with Gasteiger partial charge in [0.25, 0.3) is 0 Å². The van der Waals surface area contributed by atoms with E-state index in [-0.39, 0.29) is 0 Å². The van der Waals surface area contributed by atoms with Crippen LogP contribution in [0.2, 0.25) is 0 Å². The molecule has 0 unspecified atom stereocenters. The van der Waals surface area contributed by atoms with E-state index in [0.717, 1.165) is 33.9 Å². The SMILES string of the molecule is Cc1ccc(-c2cc(-c3ccc(-c4c5ccccc5n5c4sc4ccccc45)cc3)nc(-c3ccc(C)cc3)n2)cc1. The number of thiazole rings is 1. The van der Waals surface area contributed by atoms with E-state index in [9.17, 15) is 0 Å². The highest BCUT2D eigenvalue weighted by atomic mass is 32.1. The molecule has 0 radical (unpaired) electrons. The molecule has 0 spiro atoms. The van der Waals surface area contributed by atoms with Gasteiger partial charge in [0.05, 0.1) is 27.1 Å². The zero-order chi connectivity index (χ0) is 28.2. The van der Waals surface area contributed by atoms with Gasteiger partial charge in [0.2, 0.25) is 0 Å². The number of benzene rings is 5. The third-order valence-electron chi connectivity index (χ3n) is 8.00. The minimum atomic E-state index is 0.734. The predicted octanol–water partition coefficient (Wildman–Crippen LogP) is 10.4. The van der Waals surface area contributed by atoms with Crippen molar-refractivity contribution in [3.8, 4) is 45.0 Å². The van der Waals surface area contributed by atoms with E-state index in [0.29, 0.717) is 0 Å². The van der Waals surface area contributed by atoms with E-state index in [1.165, 1.54) is 48.2 Å². The van der Waals surface area contributed by atoms with E-state index < -0.39 is 0 Å². The first kappa shape index (κ1) is 24.7. The van der Waals surface area contributed by atoms with Crippen molar-refractivity contribution in [1.29, 1.82) is 0 Å². The maximum absolute atomic E-state index is 5.05. The Hall–Kier alpha value is -5.06. The summed E-state index contributed by atoms with van der Waals surface area (Å²) >= 11 is 1.85. The van der Waals surface area contributed by atoms with Crippen LogP contribution in [0.4, 0.5) is 0 Å². The highest BCUT2D eigenvalue weighted by Gasteiger charge is 2.18. The highest BCUT2D eigenvalue weighted by molar-refractivity contribution is 7.24. The fourth-order valence-corrected chi connectivity index (χ4v) is 7.01. The van der Waals surface area contributed by atoms with Crippen molar-refractivity contribution in [2.45, 2.75) is 13.8 Å². The zero-order valence-electron chi connectivity index (χ0n) is 23.4. The van der Waals surface area contributed by atoms with E-state index in [4.69, 9.17) is 9.97 Å². The summed E-state index contributed by atoms with van der Waals surface area (Å²) in [5.74, 6) is 0.734. The lowest BCUT2D eigenvalue weighted by atomic mass is 10.0. The Morgan fingerprint density at radius 1 is 0.524 bits per heavy atom. The van der Waals surface area contributed by atoms with E-state index in [2.05, 4.69) is 146 Å². The monoisotopic (exact) mass is 557 g/mol. The maximum Gasteiger partial charge on any atom is 0.160 e. The topological polar surface area (TPSA) is 30.2 Å². The van der Waals surface area contributed by atoms with Crippen molar-refractivity contribution in [2.24, 2.45) is 0 Å². The normalized spacial score (nSPS) is 11.6. The van der Waals surface area contributed by atoms with Gasteiger partial charge in [-0.3, -0.25) is 4.40 Å². The van der Waals surface area contributed by atoms with Crippen LogP contribution in [-0.4, -0.2) is 14.4 Å². The summed E-state index contributed by atoms with van der Waals surface area (Å²) in [5, 5.41) is 1.27. The molecule has 0 aliphatic heterocycles. The average molecular weight is 558 g/mol. The Morgan fingerprint density at radius 3 is 1.71 bits per heavy atom. The molecule has 0 saturated heterocycles. The molecule has 0 aliphatic carbocycles. The molecule has 3 heterocycles. The molecule has 3 aromatic heterocycles. The standard InChI is InChI=1S/C38H27N3S/c1-24-11-15-26(16-12-24)31-23-32(40-37(39-31)29-17-13-25(2)14-18-29)27-19-21-28(22-20-27)36-30-7-3-4-8-33(30)41-34-9-5-6-10-35(34)42-38(36)41/h3-23H,1-2H3. The van der Waals surface area contributed by atoms with Gasteiger partial charge < -0.3 is 0 Å². The fourth-order valence-electron chi connectivity index (χ4n) is 5.77. The third kappa shape index (κ3) is 4.11. The molecule has 8 rings (SSSR count). The van der Waals surface area contributed by atoms with Crippen LogP contribution in [0.3, 0.4) is 0 Å². The van der Waals surface area contributed by atoms with Gasteiger partial charge in [-0.2, -0.15) is 0 Å². The molecule has 3 nitrogen and oxygen atoms in total. The van der Waals surface area contributed by atoms with Crippen molar-refractivity contribution < 1.29 is 0 Å². The first-order valence-electron chi connectivity index (χ1n) is 14.2. The van der Waals surface area contributed by atoms with Crippen LogP contribution < -0.4 is 0 Å². The van der Waals surface area contributed by atoms with Crippen LogP contribution in [0.1, 0.15) is 11.1 Å². The van der Waals surface area contributed by atoms with Crippen molar-refractivity contribution in [1.82, 2.24) is 14.4 Å². The summed E-state index contributed by atoms with van der Waals surface area (Å²) in [5.41, 5.74) is 12.4. The summed E-state index contributed by atoms with van der Waals surface area (Å²) in [6.45, 7) is 4.21. The van der Waals surface area contributed by atoms with Gasteiger partial charge in [-0.05, 0) is 43.7 Å². The van der Waals surface area contributed by atoms with Crippen LogP contribution in [0.15, 0.2) is 127 Å². The predicted molar refractivity (Wildman–Crippen MR) is 177 cm³/mol. The summed E-state index contributed by atoms with van der Waals surface area (Å²) in [4.78, 5) is 11.3. The number of para-hydroxylation sites is 2. The van der Waals surface area contributed by atoms with Crippen LogP contribution in [-0.2, 0) is 0 Å². The summed E-state index contributed by atoms with van der Waals surface area (Å²) in [7, 11) is 0. The van der Waals surface area contributed by atoms with Gasteiger partial charge in [-0.1, -0.05) is 114 Å². The number of aryl methyl sites for hydroxylation is 2. The second-order valence-corrected chi connectivity index (χ2v) is 11.9. The van der Waals surface area contributed by atoms with E-state index in [1.54, 1.807) is 0 Å². The summed E-state index contributed by atoms with van der Waals surface area (Å²) < 4.78 is 3.70. The van der Waals surface area contributed by atoms with Gasteiger partial charge in [0, 0.05) is 27.6 Å². The smallest absolute Gasteiger partial charge is 0.160 e. The van der Waals surface area contributed by atoms with Crippen LogP contribution >= 0.6 is 11.3 Å². The Bertz CT molecular complexity index is 2170. The molecule has 0 saturated carbocycles. The van der Waals surface area contributed by atoms with Crippen molar-refractivity contribution in [3.63, 3.8) is 0 Å². The summed E-state index contributed by atoms with van der Waals surface area (Å²) in [6.07, 6.45) is 0. The molecule has 4 heteroatoms. The molecule has 0 aliphatic rings. The second-order valence-electron chi connectivity index (χ2n) is 10.9. The Labute approximate surface area is 248 Å². The molecule has 42 heavy (non-hydrogen) atoms. The van der Waals surface area contributed by atoms with E-state index in [1.807, 2.05) is 11.3 Å². The number of nitrogens with zero attached hydrogens (tertiary/aromatic N) is 3. The number of hydrogen-bond acceptors (Lipinski definition) is 3. The molecule has 0 amide bonds. The van der Waals surface area contributed by atoms with Gasteiger partial charge in [-0.15, -0.1) is 11.3 Å². The molecule has 0 fully saturated rings. The molecule has 0 atom stereocenters. The first-order chi connectivity index (χ1) is 20.6. The Kier molecular flexibility index (Phi) is 5.76. The van der Waals surface area contributed by atoms with Crippen molar-refractivity contribution in [2.75, 3.05) is 0 Å². The molecule has 0 bridgehead atoms. The van der Waals surface area contributed by atoms with Crippen molar-refractivity contribution in [3.05, 3.63) is 139 Å². The fraction of sp³-hybridized carbons (Fsp3) is 0.0526. The molecule has 5 aromatic carbocycles. The maximum atomic E-state index is 5.05. The highest BCUT2D eigenvalue weighted by Crippen LogP contribution is 2.42. The average Bonchev–Trinajstić information content (AvgIpc) is 3.56. The van der Waals surface area contributed by atoms with Crippen LogP contribution in [0.5, 0.6) is 0 Å². The largest absolute Gasteiger partial charge is 0.299 e. The minimum Gasteiger partial charge on any atom is -0.299 e. The lowest BCUT2D eigenvalue weighted by Crippen LogP contribution is -1.96. The quantitative estimate of drug-likeness (QED) is 0.215. The summed E-state index contributed by atoms with van der Waals surface area (Å²) in [6, 6.07) is 45.3. The number of hydrogen-bond donors (Lipinski definition) is 0. The van der Waals surface area contributed by atoms with Gasteiger partial charge >= 0.3 is 0 Å². The third-order valence-corrected chi connectivity index (χ3v) is 9.14. The van der Waals surface area contributed by atoms with Crippen molar-refractivity contribution >= 4 is 37.3 Å². The van der Waals surface area contributed by atoms with Crippen LogP contribution in [0, 0.1) is 13.8 Å². The van der Waals surface area contributed by atoms with Gasteiger partial charge in [-0.25, -0.2) is 9.97 Å². The minimum absolute atomic E-state index is 0.734. The lowest BCUT2D eigenvalue weighted by molar-refractivity contribution is 1.18. The number of rotatable bonds is 4. The molecular weight excluding hydrogens is 531 g/mol. The molecular formula is C38H27N3S. The van der Waals surface area contributed by atoms with Gasteiger partial charge in [0.1, 0.15) is 4.83 Å². The molecule has 200 valence electrons. The molecule has 0 N–H and O–H groups in total.